The van der Waals surface area contributed by atoms with Crippen molar-refractivity contribution in [2.45, 2.75) is 19.8 Å². The summed E-state index contributed by atoms with van der Waals surface area (Å²) in [5, 5.41) is 0. The van der Waals surface area contributed by atoms with Crippen LogP contribution in [0.4, 0.5) is 5.69 Å². The number of unbranched alkanes of at least 4 members (excludes halogenated alkanes) is 1. The summed E-state index contributed by atoms with van der Waals surface area (Å²) in [5.74, 6) is 3.09. The Morgan fingerprint density at radius 1 is 1.08 bits per heavy atom. The third-order valence-corrected chi connectivity index (χ3v) is 6.17. The Balaban J connectivity index is 1.30. The van der Waals surface area contributed by atoms with Gasteiger partial charge in [-0.05, 0) is 44.0 Å². The molecule has 0 aliphatic carbocycles. The van der Waals surface area contributed by atoms with Crippen LogP contribution in [0.15, 0.2) is 29.3 Å². The van der Waals surface area contributed by atoms with Gasteiger partial charge in [-0.25, -0.2) is 0 Å². The lowest BCUT2D eigenvalue weighted by atomic mass is 10.2. The normalized spacial score (nSPS) is 19.8. The van der Waals surface area contributed by atoms with E-state index in [9.17, 15) is 0 Å². The van der Waals surface area contributed by atoms with Crippen molar-refractivity contribution in [3.8, 4) is 0 Å². The molecule has 0 aromatic heterocycles. The fraction of sp³-hybridized carbons (Fsp3) is 0.650. The summed E-state index contributed by atoms with van der Waals surface area (Å²) >= 11 is 2.00. The summed E-state index contributed by atoms with van der Waals surface area (Å²) < 4.78 is 0. The second-order valence-corrected chi connectivity index (χ2v) is 8.44. The van der Waals surface area contributed by atoms with Crippen LogP contribution in [0.1, 0.15) is 18.4 Å². The lowest BCUT2D eigenvalue weighted by Crippen LogP contribution is -2.46. The molecule has 2 aliphatic heterocycles. The highest BCUT2D eigenvalue weighted by molar-refractivity contribution is 7.99. The summed E-state index contributed by atoms with van der Waals surface area (Å²) in [7, 11) is 0. The summed E-state index contributed by atoms with van der Waals surface area (Å²) in [5.41, 5.74) is 8.81. The monoisotopic (exact) mass is 375 g/mol. The van der Waals surface area contributed by atoms with Gasteiger partial charge in [-0.1, -0.05) is 12.1 Å². The third-order valence-electron chi connectivity index (χ3n) is 5.23. The molecule has 3 rings (SSSR count). The summed E-state index contributed by atoms with van der Waals surface area (Å²) in [6, 6.07) is 8.84. The number of benzene rings is 1. The van der Waals surface area contributed by atoms with E-state index in [2.05, 4.69) is 50.9 Å². The average Bonchev–Trinajstić information content (AvgIpc) is 2.69. The van der Waals surface area contributed by atoms with E-state index in [4.69, 9.17) is 5.73 Å². The van der Waals surface area contributed by atoms with E-state index in [1.165, 1.54) is 35.7 Å². The smallest absolute Gasteiger partial charge is 0.191 e. The zero-order valence-electron chi connectivity index (χ0n) is 16.1. The summed E-state index contributed by atoms with van der Waals surface area (Å²) in [4.78, 5) is 11.9. The number of rotatable bonds is 6. The third kappa shape index (κ3) is 5.81. The molecule has 0 spiro atoms. The molecule has 5 nitrogen and oxygen atoms in total. The maximum absolute atomic E-state index is 6.11. The van der Waals surface area contributed by atoms with Crippen LogP contribution in [0.3, 0.4) is 0 Å². The van der Waals surface area contributed by atoms with Gasteiger partial charge in [0, 0.05) is 63.0 Å². The van der Waals surface area contributed by atoms with Gasteiger partial charge >= 0.3 is 0 Å². The van der Waals surface area contributed by atoms with Crippen molar-refractivity contribution in [1.82, 2.24) is 9.80 Å². The molecule has 2 fully saturated rings. The van der Waals surface area contributed by atoms with Crippen molar-refractivity contribution in [2.24, 2.45) is 10.7 Å². The lowest BCUT2D eigenvalue weighted by molar-refractivity contribution is 0.253. The Kier molecular flexibility index (Phi) is 7.50. The molecule has 2 N–H and O–H groups in total. The first-order chi connectivity index (χ1) is 12.7. The number of guanidine groups is 1. The van der Waals surface area contributed by atoms with E-state index in [1.54, 1.807) is 0 Å². The number of hydrogen-bond donors (Lipinski definition) is 1. The van der Waals surface area contributed by atoms with E-state index in [1.807, 2.05) is 11.8 Å². The molecule has 1 aromatic carbocycles. The number of nitrogens with two attached hydrogens (primary N) is 1. The molecule has 2 aliphatic rings. The molecule has 0 radical (unpaired) electrons. The Hall–Kier alpha value is -1.40. The Morgan fingerprint density at radius 2 is 1.85 bits per heavy atom. The number of hydrogen-bond acceptors (Lipinski definition) is 4. The predicted molar refractivity (Wildman–Crippen MR) is 114 cm³/mol. The lowest BCUT2D eigenvalue weighted by Gasteiger charge is -2.36. The predicted octanol–water partition coefficient (Wildman–Crippen LogP) is 2.26. The van der Waals surface area contributed by atoms with Gasteiger partial charge in [0.1, 0.15) is 0 Å². The van der Waals surface area contributed by atoms with E-state index in [-0.39, 0.29) is 0 Å². The molecule has 0 atom stereocenters. The van der Waals surface area contributed by atoms with E-state index in [0.717, 1.165) is 58.2 Å². The minimum absolute atomic E-state index is 0.747. The number of piperazine rings is 1. The summed E-state index contributed by atoms with van der Waals surface area (Å²) in [6.45, 7) is 10.9. The van der Waals surface area contributed by atoms with E-state index < -0.39 is 0 Å². The van der Waals surface area contributed by atoms with Gasteiger partial charge < -0.3 is 15.5 Å². The number of anilines is 1. The van der Waals surface area contributed by atoms with Gasteiger partial charge in [0.2, 0.25) is 0 Å². The quantitative estimate of drug-likeness (QED) is 0.469. The van der Waals surface area contributed by atoms with Crippen LogP contribution in [0.2, 0.25) is 0 Å². The van der Waals surface area contributed by atoms with Gasteiger partial charge in [-0.2, -0.15) is 11.8 Å². The van der Waals surface area contributed by atoms with Crippen molar-refractivity contribution in [3.05, 3.63) is 29.8 Å². The first-order valence-corrected chi connectivity index (χ1v) is 11.0. The van der Waals surface area contributed by atoms with Crippen LogP contribution in [0.5, 0.6) is 0 Å². The van der Waals surface area contributed by atoms with Crippen molar-refractivity contribution in [2.75, 3.05) is 68.8 Å². The molecule has 0 amide bonds. The van der Waals surface area contributed by atoms with Crippen LogP contribution in [0.25, 0.3) is 0 Å². The Bertz CT molecular complexity index is 577. The molecular formula is C20H33N5S. The van der Waals surface area contributed by atoms with Crippen LogP contribution in [-0.4, -0.2) is 79.6 Å². The molecule has 6 heteroatoms. The standard InChI is InChI=1S/C20H33N5S/c1-18-5-4-6-19(17-18)24-11-9-23(10-12-24)8-3-2-7-22-20(21)25-13-15-26-16-14-25/h4-6,17H,2-3,7-16H2,1H3,(H2,21,22). The minimum atomic E-state index is 0.747. The molecule has 2 heterocycles. The van der Waals surface area contributed by atoms with Gasteiger partial charge in [0.15, 0.2) is 5.96 Å². The van der Waals surface area contributed by atoms with Crippen molar-refractivity contribution >= 4 is 23.4 Å². The molecule has 2 saturated heterocycles. The minimum Gasteiger partial charge on any atom is -0.370 e. The summed E-state index contributed by atoms with van der Waals surface area (Å²) in [6.07, 6.45) is 2.33. The number of aryl methyl sites for hydroxylation is 1. The highest BCUT2D eigenvalue weighted by Crippen LogP contribution is 2.18. The highest BCUT2D eigenvalue weighted by Gasteiger charge is 2.16. The molecule has 0 bridgehead atoms. The number of aliphatic imine (C=N–C) groups is 1. The SMILES string of the molecule is Cc1cccc(N2CCN(CCCCN=C(N)N3CCSCC3)CC2)c1. The van der Waals surface area contributed by atoms with Gasteiger partial charge in [0.25, 0.3) is 0 Å². The van der Waals surface area contributed by atoms with Crippen molar-refractivity contribution in [1.29, 1.82) is 0 Å². The zero-order valence-corrected chi connectivity index (χ0v) is 16.9. The van der Waals surface area contributed by atoms with Crippen LogP contribution < -0.4 is 10.6 Å². The Morgan fingerprint density at radius 3 is 2.58 bits per heavy atom. The highest BCUT2D eigenvalue weighted by atomic mass is 32.2. The van der Waals surface area contributed by atoms with Crippen molar-refractivity contribution in [3.63, 3.8) is 0 Å². The second kappa shape index (κ2) is 10.1. The fourth-order valence-electron chi connectivity index (χ4n) is 3.59. The van der Waals surface area contributed by atoms with E-state index in [0.29, 0.717) is 0 Å². The van der Waals surface area contributed by atoms with Crippen LogP contribution >= 0.6 is 11.8 Å². The average molecular weight is 376 g/mol. The van der Waals surface area contributed by atoms with Crippen LogP contribution in [-0.2, 0) is 0 Å². The first kappa shape index (κ1) is 19.4. The van der Waals surface area contributed by atoms with Gasteiger partial charge in [-0.3, -0.25) is 9.89 Å². The van der Waals surface area contributed by atoms with E-state index >= 15 is 0 Å². The van der Waals surface area contributed by atoms with Crippen molar-refractivity contribution < 1.29 is 0 Å². The van der Waals surface area contributed by atoms with Crippen LogP contribution in [0, 0.1) is 6.92 Å². The molecule has 144 valence electrons. The molecule has 0 saturated carbocycles. The second-order valence-electron chi connectivity index (χ2n) is 7.21. The molecular weight excluding hydrogens is 342 g/mol. The first-order valence-electron chi connectivity index (χ1n) is 9.89. The maximum Gasteiger partial charge on any atom is 0.191 e. The number of nitrogens with zero attached hydrogens (tertiary/aromatic N) is 4. The maximum atomic E-state index is 6.11. The largest absolute Gasteiger partial charge is 0.370 e. The topological polar surface area (TPSA) is 48.1 Å². The molecule has 26 heavy (non-hydrogen) atoms. The van der Waals surface area contributed by atoms with Gasteiger partial charge in [0.05, 0.1) is 0 Å². The Labute approximate surface area is 162 Å². The van der Waals surface area contributed by atoms with Gasteiger partial charge in [-0.15, -0.1) is 0 Å². The molecule has 1 aromatic rings. The molecule has 0 unspecified atom stereocenters. The fourth-order valence-corrected chi connectivity index (χ4v) is 4.49. The zero-order chi connectivity index (χ0) is 18.2. The number of thioether (sulfide) groups is 1.